The molecule has 0 aliphatic carbocycles. The molecule has 13 heteroatoms. The van der Waals surface area contributed by atoms with Crippen molar-refractivity contribution in [2.75, 3.05) is 31.5 Å². The predicted octanol–water partition coefficient (Wildman–Crippen LogP) is 5.79. The van der Waals surface area contributed by atoms with Crippen LogP contribution >= 0.6 is 23.1 Å². The van der Waals surface area contributed by atoms with Crippen LogP contribution in [0.5, 0.6) is 11.5 Å². The smallest absolute Gasteiger partial charge is 0.311 e. The van der Waals surface area contributed by atoms with E-state index in [4.69, 9.17) is 14.2 Å². The highest BCUT2D eigenvalue weighted by molar-refractivity contribution is 8.00. The molecule has 1 aromatic heterocycles. The van der Waals surface area contributed by atoms with Crippen LogP contribution in [0.25, 0.3) is 6.08 Å². The molecule has 0 aliphatic heterocycles. The maximum absolute atomic E-state index is 13.6. The third-order valence-electron chi connectivity index (χ3n) is 6.43. The Bertz CT molecular complexity index is 1760. The number of rotatable bonds is 14. The molecule has 11 nitrogen and oxygen atoms in total. The number of hydrogen-bond acceptors (Lipinski definition) is 10. The molecular weight excluding hydrogens is 641 g/mol. The number of nitrogens with one attached hydrogen (secondary N) is 3. The van der Waals surface area contributed by atoms with Crippen molar-refractivity contribution in [2.45, 2.75) is 30.4 Å². The van der Waals surface area contributed by atoms with E-state index in [9.17, 15) is 19.2 Å². The van der Waals surface area contributed by atoms with E-state index in [1.165, 1.54) is 37.3 Å². The second-order valence-corrected chi connectivity index (χ2v) is 12.1. The van der Waals surface area contributed by atoms with E-state index in [2.05, 4.69) is 20.9 Å². The van der Waals surface area contributed by atoms with Crippen molar-refractivity contribution in [2.24, 2.45) is 0 Å². The Kier molecular flexibility index (Phi) is 12.5. The van der Waals surface area contributed by atoms with Gasteiger partial charge in [0.15, 0.2) is 16.6 Å². The SMILES string of the molecule is CCOC(=O)Cc1csc(NC(=O)C(C)Sc2cccc(NC(=O)/C(=C\c3ccc(OC)c(OC)c3)NC(=O)c3ccccc3)c2)n1. The highest BCUT2D eigenvalue weighted by Crippen LogP contribution is 2.29. The largest absolute Gasteiger partial charge is 0.493 e. The topological polar surface area (TPSA) is 145 Å². The first kappa shape index (κ1) is 34.7. The van der Waals surface area contributed by atoms with Crippen LogP contribution < -0.4 is 25.4 Å². The van der Waals surface area contributed by atoms with Crippen molar-refractivity contribution in [3.63, 3.8) is 0 Å². The molecule has 0 saturated heterocycles. The number of carbonyl (C=O) groups is 4. The first-order valence-electron chi connectivity index (χ1n) is 14.5. The molecule has 4 aromatic rings. The molecule has 0 spiro atoms. The minimum absolute atomic E-state index is 0.00245. The van der Waals surface area contributed by atoms with Gasteiger partial charge in [-0.2, -0.15) is 0 Å². The quantitative estimate of drug-likeness (QED) is 0.0859. The fourth-order valence-electron chi connectivity index (χ4n) is 4.17. The molecule has 4 rings (SSSR count). The van der Waals surface area contributed by atoms with Gasteiger partial charge in [0.2, 0.25) is 5.91 Å². The van der Waals surface area contributed by atoms with Gasteiger partial charge in [0.25, 0.3) is 11.8 Å². The third-order valence-corrected chi connectivity index (χ3v) is 8.33. The van der Waals surface area contributed by atoms with Gasteiger partial charge in [-0.05, 0) is 68.0 Å². The van der Waals surface area contributed by atoms with E-state index in [0.29, 0.717) is 39.1 Å². The monoisotopic (exact) mass is 674 g/mol. The fraction of sp³-hybridized carbons (Fsp3) is 0.206. The van der Waals surface area contributed by atoms with Crippen LogP contribution in [0.1, 0.15) is 35.5 Å². The average Bonchev–Trinajstić information content (AvgIpc) is 3.50. The number of carbonyl (C=O) groups excluding carboxylic acids is 4. The van der Waals surface area contributed by atoms with Gasteiger partial charge in [-0.1, -0.05) is 30.3 Å². The number of esters is 1. The Balaban J connectivity index is 1.46. The molecule has 244 valence electrons. The Morgan fingerprint density at radius 3 is 2.43 bits per heavy atom. The second kappa shape index (κ2) is 17.0. The summed E-state index contributed by atoms with van der Waals surface area (Å²) in [7, 11) is 3.03. The van der Waals surface area contributed by atoms with E-state index in [0.717, 1.165) is 4.90 Å². The number of hydrogen-bond donors (Lipinski definition) is 3. The number of thiazole rings is 1. The van der Waals surface area contributed by atoms with Gasteiger partial charge in [-0.3, -0.25) is 19.2 Å². The molecule has 0 aliphatic rings. The molecular formula is C34H34N4O7S2. The van der Waals surface area contributed by atoms with Crippen LogP contribution in [-0.4, -0.2) is 54.8 Å². The summed E-state index contributed by atoms with van der Waals surface area (Å²) < 4.78 is 15.6. The summed E-state index contributed by atoms with van der Waals surface area (Å²) in [5.74, 6) is -0.680. The zero-order valence-electron chi connectivity index (χ0n) is 26.2. The number of thioether (sulfide) groups is 1. The van der Waals surface area contributed by atoms with Gasteiger partial charge in [0.05, 0.1) is 38.2 Å². The van der Waals surface area contributed by atoms with Crippen LogP contribution in [0.4, 0.5) is 10.8 Å². The Morgan fingerprint density at radius 2 is 1.70 bits per heavy atom. The minimum Gasteiger partial charge on any atom is -0.493 e. The molecule has 1 heterocycles. The van der Waals surface area contributed by atoms with Crippen LogP contribution in [0.2, 0.25) is 0 Å². The molecule has 0 fully saturated rings. The van der Waals surface area contributed by atoms with Gasteiger partial charge >= 0.3 is 5.97 Å². The highest BCUT2D eigenvalue weighted by atomic mass is 32.2. The Hall–Kier alpha value is -5.14. The van der Waals surface area contributed by atoms with E-state index < -0.39 is 17.1 Å². The summed E-state index contributed by atoms with van der Waals surface area (Å²) in [4.78, 5) is 56.2. The Morgan fingerprint density at radius 1 is 0.936 bits per heavy atom. The van der Waals surface area contributed by atoms with Gasteiger partial charge in [-0.15, -0.1) is 23.1 Å². The highest BCUT2D eigenvalue weighted by Gasteiger charge is 2.19. The van der Waals surface area contributed by atoms with E-state index >= 15 is 0 Å². The van der Waals surface area contributed by atoms with Crippen LogP contribution in [0.15, 0.2) is 88.8 Å². The Labute approximate surface area is 280 Å². The van der Waals surface area contributed by atoms with Crippen molar-refractivity contribution >= 4 is 63.7 Å². The number of nitrogens with zero attached hydrogens (tertiary/aromatic N) is 1. The number of ether oxygens (including phenoxy) is 3. The van der Waals surface area contributed by atoms with E-state index in [-0.39, 0.29) is 30.6 Å². The summed E-state index contributed by atoms with van der Waals surface area (Å²) in [5, 5.41) is 9.92. The lowest BCUT2D eigenvalue weighted by Crippen LogP contribution is -2.30. The molecule has 3 N–H and O–H groups in total. The second-order valence-electron chi connectivity index (χ2n) is 9.85. The van der Waals surface area contributed by atoms with Crippen LogP contribution in [-0.2, 0) is 25.5 Å². The molecule has 1 unspecified atom stereocenters. The van der Waals surface area contributed by atoms with Crippen molar-refractivity contribution in [3.05, 3.63) is 101 Å². The van der Waals surface area contributed by atoms with Crippen molar-refractivity contribution < 1.29 is 33.4 Å². The maximum Gasteiger partial charge on any atom is 0.311 e. The fourth-order valence-corrected chi connectivity index (χ4v) is 5.81. The summed E-state index contributed by atoms with van der Waals surface area (Å²) in [6, 6.07) is 20.7. The lowest BCUT2D eigenvalue weighted by atomic mass is 10.1. The van der Waals surface area contributed by atoms with Crippen LogP contribution in [0, 0.1) is 0 Å². The lowest BCUT2D eigenvalue weighted by molar-refractivity contribution is -0.142. The van der Waals surface area contributed by atoms with Crippen molar-refractivity contribution in [1.29, 1.82) is 0 Å². The summed E-state index contributed by atoms with van der Waals surface area (Å²) in [6.45, 7) is 3.77. The molecule has 1 atom stereocenters. The molecule has 47 heavy (non-hydrogen) atoms. The van der Waals surface area contributed by atoms with Gasteiger partial charge in [0, 0.05) is 21.5 Å². The summed E-state index contributed by atoms with van der Waals surface area (Å²) >= 11 is 2.52. The number of amides is 3. The first-order chi connectivity index (χ1) is 22.7. The number of aromatic nitrogens is 1. The summed E-state index contributed by atoms with van der Waals surface area (Å²) in [6.07, 6.45) is 1.57. The summed E-state index contributed by atoms with van der Waals surface area (Å²) in [5.41, 5.74) is 1.97. The van der Waals surface area contributed by atoms with Crippen molar-refractivity contribution in [3.8, 4) is 11.5 Å². The standard InChI is InChI=1S/C34H34N4O7S2/c1-5-45-30(39)19-25-20-46-34(36-25)38-31(40)21(2)47-26-13-9-12-24(18-26)35-33(42)27(37-32(41)23-10-7-6-8-11-23)16-22-14-15-28(43-3)29(17-22)44-4/h6-18,20-21H,5,19H2,1-4H3,(H,35,42)(H,37,41)(H,36,38,40)/b27-16+. The zero-order valence-corrected chi connectivity index (χ0v) is 27.8. The minimum atomic E-state index is -0.556. The third kappa shape index (κ3) is 10.2. The molecule has 3 amide bonds. The number of anilines is 2. The van der Waals surface area contributed by atoms with E-state index in [1.54, 1.807) is 92.0 Å². The van der Waals surface area contributed by atoms with Gasteiger partial charge in [0.1, 0.15) is 5.70 Å². The molecule has 0 bridgehead atoms. The average molecular weight is 675 g/mol. The van der Waals surface area contributed by atoms with Crippen LogP contribution in [0.3, 0.4) is 0 Å². The molecule has 3 aromatic carbocycles. The lowest BCUT2D eigenvalue weighted by Gasteiger charge is -2.14. The molecule has 0 saturated carbocycles. The molecule has 0 radical (unpaired) electrons. The first-order valence-corrected chi connectivity index (χ1v) is 16.2. The maximum atomic E-state index is 13.6. The van der Waals surface area contributed by atoms with Gasteiger partial charge < -0.3 is 30.2 Å². The van der Waals surface area contributed by atoms with Crippen molar-refractivity contribution in [1.82, 2.24) is 10.3 Å². The number of methoxy groups -OCH3 is 2. The zero-order chi connectivity index (χ0) is 33.8. The number of benzene rings is 3. The van der Waals surface area contributed by atoms with E-state index in [1.807, 2.05) is 6.07 Å². The predicted molar refractivity (Wildman–Crippen MR) is 183 cm³/mol. The normalized spacial score (nSPS) is 11.6. The van der Waals surface area contributed by atoms with Gasteiger partial charge in [-0.25, -0.2) is 4.98 Å².